The third-order valence-corrected chi connectivity index (χ3v) is 3.15. The highest BCUT2D eigenvalue weighted by atomic mass is 32.1. The lowest BCUT2D eigenvalue weighted by Gasteiger charge is -2.16. The maximum atomic E-state index is 4.48. The molecule has 0 aliphatic carbocycles. The predicted molar refractivity (Wildman–Crippen MR) is 67.2 cm³/mol. The second-order valence-corrected chi connectivity index (χ2v) is 4.30. The Hall–Kier alpha value is -1.46. The number of hydrogen-bond donors (Lipinski definition) is 1. The minimum Gasteiger partial charge on any atom is -0.321 e. The third kappa shape index (κ3) is 2.37. The molecular weight excluding hydrogens is 220 g/mol. The molecule has 0 aliphatic rings. The van der Waals surface area contributed by atoms with Crippen LogP contribution in [0.25, 0.3) is 0 Å². The SMILES string of the molecule is CNCc1nccc(N(C)c2cccs2)n1. The summed E-state index contributed by atoms with van der Waals surface area (Å²) in [6.07, 6.45) is 1.79. The van der Waals surface area contributed by atoms with Crippen LogP contribution < -0.4 is 10.2 Å². The van der Waals surface area contributed by atoms with Gasteiger partial charge in [0, 0.05) is 13.2 Å². The van der Waals surface area contributed by atoms with Gasteiger partial charge < -0.3 is 10.2 Å². The van der Waals surface area contributed by atoms with Crippen LogP contribution in [-0.4, -0.2) is 24.1 Å². The van der Waals surface area contributed by atoms with Crippen LogP contribution in [0, 0.1) is 0 Å². The highest BCUT2D eigenvalue weighted by Crippen LogP contribution is 2.25. The van der Waals surface area contributed by atoms with Crippen LogP contribution in [0.1, 0.15) is 5.82 Å². The zero-order chi connectivity index (χ0) is 11.4. The molecule has 1 N–H and O–H groups in total. The van der Waals surface area contributed by atoms with Gasteiger partial charge in [0.25, 0.3) is 0 Å². The molecule has 0 aliphatic heterocycles. The van der Waals surface area contributed by atoms with Crippen molar-refractivity contribution in [3.63, 3.8) is 0 Å². The lowest BCUT2D eigenvalue weighted by Crippen LogP contribution is -2.14. The summed E-state index contributed by atoms with van der Waals surface area (Å²) in [6.45, 7) is 0.687. The van der Waals surface area contributed by atoms with Crippen molar-refractivity contribution in [2.24, 2.45) is 0 Å². The molecule has 0 fully saturated rings. The lowest BCUT2D eigenvalue weighted by molar-refractivity contribution is 0.757. The van der Waals surface area contributed by atoms with Gasteiger partial charge in [-0.05, 0) is 30.6 Å². The fraction of sp³-hybridized carbons (Fsp3) is 0.273. The molecule has 0 atom stereocenters. The Kier molecular flexibility index (Phi) is 3.48. The normalized spacial score (nSPS) is 10.4. The number of rotatable bonds is 4. The van der Waals surface area contributed by atoms with E-state index < -0.39 is 0 Å². The fourth-order valence-electron chi connectivity index (χ4n) is 1.39. The molecule has 0 aromatic carbocycles. The van der Waals surface area contributed by atoms with E-state index in [-0.39, 0.29) is 0 Å². The molecular formula is C11H14N4S. The van der Waals surface area contributed by atoms with Gasteiger partial charge >= 0.3 is 0 Å². The number of nitrogens with zero attached hydrogens (tertiary/aromatic N) is 3. The topological polar surface area (TPSA) is 41.1 Å². The Bertz CT molecular complexity index is 441. The van der Waals surface area contributed by atoms with Crippen molar-refractivity contribution < 1.29 is 0 Å². The largest absolute Gasteiger partial charge is 0.321 e. The summed E-state index contributed by atoms with van der Waals surface area (Å²) in [7, 11) is 3.90. The summed E-state index contributed by atoms with van der Waals surface area (Å²) >= 11 is 1.69. The van der Waals surface area contributed by atoms with Crippen molar-refractivity contribution in [2.45, 2.75) is 6.54 Å². The van der Waals surface area contributed by atoms with Gasteiger partial charge in [0.1, 0.15) is 11.6 Å². The average Bonchev–Trinajstić information content (AvgIpc) is 2.82. The molecule has 0 bridgehead atoms. The Labute approximate surface area is 99.0 Å². The van der Waals surface area contributed by atoms with E-state index in [0.717, 1.165) is 11.6 Å². The summed E-state index contributed by atoms with van der Waals surface area (Å²) in [6, 6.07) is 6.02. The average molecular weight is 234 g/mol. The molecule has 0 spiro atoms. The molecule has 0 saturated heterocycles. The van der Waals surface area contributed by atoms with Crippen molar-refractivity contribution in [2.75, 3.05) is 19.0 Å². The van der Waals surface area contributed by atoms with Gasteiger partial charge in [-0.25, -0.2) is 9.97 Å². The van der Waals surface area contributed by atoms with Crippen LogP contribution in [0.3, 0.4) is 0 Å². The smallest absolute Gasteiger partial charge is 0.144 e. The Morgan fingerprint density at radius 1 is 1.44 bits per heavy atom. The van der Waals surface area contributed by atoms with Gasteiger partial charge in [0.05, 0.1) is 11.5 Å². The summed E-state index contributed by atoms with van der Waals surface area (Å²) in [5.74, 6) is 1.73. The Morgan fingerprint density at radius 3 is 3.00 bits per heavy atom. The van der Waals surface area contributed by atoms with Crippen molar-refractivity contribution >= 4 is 22.2 Å². The van der Waals surface area contributed by atoms with Gasteiger partial charge in [-0.2, -0.15) is 0 Å². The quantitative estimate of drug-likeness (QED) is 0.878. The molecule has 5 heteroatoms. The van der Waals surface area contributed by atoms with E-state index in [1.807, 2.05) is 26.2 Å². The van der Waals surface area contributed by atoms with E-state index in [1.165, 1.54) is 5.00 Å². The summed E-state index contributed by atoms with van der Waals surface area (Å²) in [4.78, 5) is 10.7. The molecule has 0 unspecified atom stereocenters. The fourth-order valence-corrected chi connectivity index (χ4v) is 2.10. The van der Waals surface area contributed by atoms with Crippen LogP contribution in [-0.2, 0) is 6.54 Å². The summed E-state index contributed by atoms with van der Waals surface area (Å²) in [5, 5.41) is 6.28. The molecule has 16 heavy (non-hydrogen) atoms. The second-order valence-electron chi connectivity index (χ2n) is 3.37. The molecule has 0 radical (unpaired) electrons. The van der Waals surface area contributed by atoms with Crippen LogP contribution in [0.5, 0.6) is 0 Å². The molecule has 2 heterocycles. The van der Waals surface area contributed by atoms with E-state index in [0.29, 0.717) is 6.54 Å². The Morgan fingerprint density at radius 2 is 2.31 bits per heavy atom. The molecule has 4 nitrogen and oxygen atoms in total. The summed E-state index contributed by atoms with van der Waals surface area (Å²) < 4.78 is 0. The second kappa shape index (κ2) is 5.05. The maximum absolute atomic E-state index is 4.48. The first kappa shape index (κ1) is 11.0. The van der Waals surface area contributed by atoms with Gasteiger partial charge in [-0.3, -0.25) is 0 Å². The first-order valence-electron chi connectivity index (χ1n) is 5.05. The van der Waals surface area contributed by atoms with Gasteiger partial charge in [-0.15, -0.1) is 11.3 Å². The van der Waals surface area contributed by atoms with Gasteiger partial charge in [0.2, 0.25) is 0 Å². The van der Waals surface area contributed by atoms with Crippen LogP contribution >= 0.6 is 11.3 Å². The van der Waals surface area contributed by atoms with Crippen molar-refractivity contribution in [3.05, 3.63) is 35.6 Å². The maximum Gasteiger partial charge on any atom is 0.144 e. The lowest BCUT2D eigenvalue weighted by atomic mass is 10.4. The number of nitrogens with one attached hydrogen (secondary N) is 1. The molecule has 0 saturated carbocycles. The third-order valence-electron chi connectivity index (χ3n) is 2.21. The zero-order valence-electron chi connectivity index (χ0n) is 9.34. The van der Waals surface area contributed by atoms with Crippen LogP contribution in [0.2, 0.25) is 0 Å². The van der Waals surface area contributed by atoms with E-state index >= 15 is 0 Å². The highest BCUT2D eigenvalue weighted by molar-refractivity contribution is 7.14. The summed E-state index contributed by atoms with van der Waals surface area (Å²) in [5.41, 5.74) is 0. The van der Waals surface area contributed by atoms with Gasteiger partial charge in [-0.1, -0.05) is 0 Å². The number of hydrogen-bond acceptors (Lipinski definition) is 5. The number of thiophene rings is 1. The van der Waals surface area contributed by atoms with Crippen molar-refractivity contribution in [3.8, 4) is 0 Å². The van der Waals surface area contributed by atoms with Crippen molar-refractivity contribution in [1.29, 1.82) is 0 Å². The number of aromatic nitrogens is 2. The minimum atomic E-state index is 0.687. The van der Waals surface area contributed by atoms with E-state index in [4.69, 9.17) is 0 Å². The van der Waals surface area contributed by atoms with Crippen LogP contribution in [0.4, 0.5) is 10.8 Å². The Balaban J connectivity index is 2.23. The standard InChI is InChI=1S/C11H14N4S/c1-12-8-9-13-6-5-10(14-9)15(2)11-4-3-7-16-11/h3-7,12H,8H2,1-2H3. The monoisotopic (exact) mass is 234 g/mol. The zero-order valence-corrected chi connectivity index (χ0v) is 10.2. The predicted octanol–water partition coefficient (Wildman–Crippen LogP) is 2.03. The van der Waals surface area contributed by atoms with E-state index in [1.54, 1.807) is 17.5 Å². The minimum absolute atomic E-state index is 0.687. The van der Waals surface area contributed by atoms with Crippen LogP contribution in [0.15, 0.2) is 29.8 Å². The van der Waals surface area contributed by atoms with Gasteiger partial charge in [0.15, 0.2) is 0 Å². The molecule has 2 aromatic heterocycles. The van der Waals surface area contributed by atoms with Crippen molar-refractivity contribution in [1.82, 2.24) is 15.3 Å². The molecule has 2 rings (SSSR count). The first-order valence-corrected chi connectivity index (χ1v) is 5.93. The highest BCUT2D eigenvalue weighted by Gasteiger charge is 2.06. The first-order chi connectivity index (χ1) is 7.81. The van der Waals surface area contributed by atoms with E-state index in [9.17, 15) is 0 Å². The van der Waals surface area contributed by atoms with E-state index in [2.05, 4.69) is 31.6 Å². The molecule has 84 valence electrons. The number of anilines is 2. The molecule has 2 aromatic rings. The molecule has 0 amide bonds.